The summed E-state index contributed by atoms with van der Waals surface area (Å²) in [6.07, 6.45) is 1.49. The molecule has 0 atom stereocenters. The van der Waals surface area contributed by atoms with Crippen LogP contribution < -0.4 is 5.32 Å². The van der Waals surface area contributed by atoms with E-state index >= 15 is 0 Å². The zero-order valence-corrected chi connectivity index (χ0v) is 8.75. The molecule has 0 aromatic carbocycles. The molecule has 0 fully saturated rings. The number of halogens is 1. The molecule has 70 valence electrons. The van der Waals surface area contributed by atoms with E-state index in [9.17, 15) is 4.79 Å². The average Bonchev–Trinajstić information content (AvgIpc) is 2.17. The number of nitrogens with zero attached hydrogens (tertiary/aromatic N) is 2. The molecule has 13 heavy (non-hydrogen) atoms. The zero-order valence-electron chi connectivity index (χ0n) is 7.17. The van der Waals surface area contributed by atoms with Gasteiger partial charge in [-0.15, -0.1) is 0 Å². The topological polar surface area (TPSA) is 64.1 Å². The van der Waals surface area contributed by atoms with Gasteiger partial charge in [0.2, 0.25) is 5.82 Å². The lowest BCUT2D eigenvalue weighted by molar-refractivity contribution is 0.0587. The van der Waals surface area contributed by atoms with Crippen LogP contribution in [0.5, 0.6) is 0 Å². The van der Waals surface area contributed by atoms with Crippen molar-refractivity contribution in [2.24, 2.45) is 0 Å². The lowest BCUT2D eigenvalue weighted by Crippen LogP contribution is -2.09. The van der Waals surface area contributed by atoms with Crippen molar-refractivity contribution in [1.82, 2.24) is 9.97 Å². The molecular formula is C7H8BrN3O2. The van der Waals surface area contributed by atoms with Crippen LogP contribution in [0.25, 0.3) is 0 Å². The minimum atomic E-state index is -0.552. The van der Waals surface area contributed by atoms with Gasteiger partial charge in [0.15, 0.2) is 0 Å². The third-order valence-electron chi connectivity index (χ3n) is 1.35. The Kier molecular flexibility index (Phi) is 3.18. The fourth-order valence-corrected chi connectivity index (χ4v) is 1.12. The molecule has 0 saturated heterocycles. The van der Waals surface area contributed by atoms with Crippen LogP contribution in [-0.4, -0.2) is 30.1 Å². The molecule has 0 aliphatic carbocycles. The number of nitrogens with one attached hydrogen (secondary N) is 1. The highest BCUT2D eigenvalue weighted by Gasteiger charge is 2.11. The number of esters is 1. The Morgan fingerprint density at radius 1 is 1.69 bits per heavy atom. The highest BCUT2D eigenvalue weighted by Crippen LogP contribution is 2.17. The van der Waals surface area contributed by atoms with E-state index in [2.05, 4.69) is 36.0 Å². The van der Waals surface area contributed by atoms with Gasteiger partial charge in [0.1, 0.15) is 5.82 Å². The van der Waals surface area contributed by atoms with Crippen molar-refractivity contribution in [3.8, 4) is 0 Å². The first-order chi connectivity index (χ1) is 6.19. The summed E-state index contributed by atoms with van der Waals surface area (Å²) in [7, 11) is 2.99. The fraction of sp³-hybridized carbons (Fsp3) is 0.286. The van der Waals surface area contributed by atoms with Gasteiger partial charge in [-0.3, -0.25) is 0 Å². The summed E-state index contributed by atoms with van der Waals surface area (Å²) in [6.45, 7) is 0. The highest BCUT2D eigenvalue weighted by molar-refractivity contribution is 9.10. The third-order valence-corrected chi connectivity index (χ3v) is 1.93. The standard InChI is InChI=1S/C7H8BrN3O2/c1-9-5-4(8)3-10-6(11-5)7(12)13-2/h3H,1-2H3,(H,9,10,11). The highest BCUT2D eigenvalue weighted by atomic mass is 79.9. The van der Waals surface area contributed by atoms with Crippen LogP contribution in [0.1, 0.15) is 10.6 Å². The van der Waals surface area contributed by atoms with Crippen molar-refractivity contribution in [1.29, 1.82) is 0 Å². The van der Waals surface area contributed by atoms with Gasteiger partial charge in [-0.2, -0.15) is 0 Å². The Bertz CT molecular complexity index is 330. The molecule has 0 amide bonds. The van der Waals surface area contributed by atoms with Gasteiger partial charge in [0.05, 0.1) is 11.6 Å². The number of methoxy groups -OCH3 is 1. The molecule has 0 unspecified atom stereocenters. The fourth-order valence-electron chi connectivity index (χ4n) is 0.732. The van der Waals surface area contributed by atoms with Crippen molar-refractivity contribution < 1.29 is 9.53 Å². The van der Waals surface area contributed by atoms with Crippen LogP contribution in [0.4, 0.5) is 5.82 Å². The molecule has 0 saturated carbocycles. The monoisotopic (exact) mass is 245 g/mol. The Morgan fingerprint density at radius 2 is 2.38 bits per heavy atom. The molecule has 5 nitrogen and oxygen atoms in total. The Balaban J connectivity index is 3.06. The minimum absolute atomic E-state index is 0.0371. The van der Waals surface area contributed by atoms with Crippen LogP contribution >= 0.6 is 15.9 Å². The van der Waals surface area contributed by atoms with Gasteiger partial charge < -0.3 is 10.1 Å². The molecule has 0 radical (unpaired) electrons. The van der Waals surface area contributed by atoms with Crippen LogP contribution in [-0.2, 0) is 4.74 Å². The SMILES string of the molecule is CNc1nc(C(=O)OC)ncc1Br. The first-order valence-corrected chi connectivity index (χ1v) is 4.27. The van der Waals surface area contributed by atoms with E-state index in [1.807, 2.05) is 0 Å². The van der Waals surface area contributed by atoms with Crippen molar-refractivity contribution >= 4 is 27.7 Å². The molecule has 0 aliphatic rings. The number of carbonyl (C=O) groups excluding carboxylic acids is 1. The molecule has 0 aliphatic heterocycles. The Labute approximate surface area is 83.7 Å². The largest absolute Gasteiger partial charge is 0.463 e. The summed E-state index contributed by atoms with van der Waals surface area (Å²) in [5, 5.41) is 2.81. The molecule has 0 bridgehead atoms. The molecular weight excluding hydrogens is 238 g/mol. The Hall–Kier alpha value is -1.17. The van der Waals surface area contributed by atoms with Crippen LogP contribution in [0.2, 0.25) is 0 Å². The van der Waals surface area contributed by atoms with E-state index in [1.54, 1.807) is 7.05 Å². The van der Waals surface area contributed by atoms with Crippen LogP contribution in [0.3, 0.4) is 0 Å². The summed E-state index contributed by atoms with van der Waals surface area (Å²) in [5.74, 6) is 0.0365. The second-order valence-corrected chi connectivity index (χ2v) is 2.99. The van der Waals surface area contributed by atoms with Crippen LogP contribution in [0.15, 0.2) is 10.7 Å². The summed E-state index contributed by atoms with van der Waals surface area (Å²) in [6, 6.07) is 0. The van der Waals surface area contributed by atoms with E-state index in [0.717, 1.165) is 0 Å². The quantitative estimate of drug-likeness (QED) is 0.790. The number of ether oxygens (including phenoxy) is 1. The maximum atomic E-state index is 11.0. The normalized spacial score (nSPS) is 9.46. The van der Waals surface area contributed by atoms with E-state index in [-0.39, 0.29) is 5.82 Å². The van der Waals surface area contributed by atoms with E-state index in [0.29, 0.717) is 10.3 Å². The smallest absolute Gasteiger partial charge is 0.376 e. The molecule has 1 rings (SSSR count). The summed E-state index contributed by atoms with van der Waals surface area (Å²) < 4.78 is 5.17. The maximum absolute atomic E-state index is 11.0. The summed E-state index contributed by atoms with van der Waals surface area (Å²) in [5.41, 5.74) is 0. The summed E-state index contributed by atoms with van der Waals surface area (Å²) in [4.78, 5) is 18.7. The molecule has 0 spiro atoms. The molecule has 6 heteroatoms. The van der Waals surface area contributed by atoms with Crippen molar-refractivity contribution in [2.45, 2.75) is 0 Å². The van der Waals surface area contributed by atoms with E-state index < -0.39 is 5.97 Å². The lowest BCUT2D eigenvalue weighted by Gasteiger charge is -2.03. The second-order valence-electron chi connectivity index (χ2n) is 2.13. The predicted octanol–water partition coefficient (Wildman–Crippen LogP) is 1.07. The summed E-state index contributed by atoms with van der Waals surface area (Å²) >= 11 is 3.22. The lowest BCUT2D eigenvalue weighted by atomic mass is 10.5. The number of hydrogen-bond donors (Lipinski definition) is 1. The van der Waals surface area contributed by atoms with E-state index in [1.165, 1.54) is 13.3 Å². The van der Waals surface area contributed by atoms with Gasteiger partial charge in [0, 0.05) is 13.2 Å². The average molecular weight is 246 g/mol. The third kappa shape index (κ3) is 2.15. The van der Waals surface area contributed by atoms with Gasteiger partial charge in [-0.1, -0.05) is 0 Å². The molecule has 1 aromatic heterocycles. The van der Waals surface area contributed by atoms with E-state index in [4.69, 9.17) is 0 Å². The first-order valence-electron chi connectivity index (χ1n) is 3.47. The predicted molar refractivity (Wildman–Crippen MR) is 50.6 cm³/mol. The zero-order chi connectivity index (χ0) is 9.84. The Morgan fingerprint density at radius 3 is 2.92 bits per heavy atom. The number of aromatic nitrogens is 2. The van der Waals surface area contributed by atoms with Gasteiger partial charge >= 0.3 is 5.97 Å². The van der Waals surface area contributed by atoms with Gasteiger partial charge in [0.25, 0.3) is 0 Å². The maximum Gasteiger partial charge on any atom is 0.376 e. The number of hydrogen-bond acceptors (Lipinski definition) is 5. The van der Waals surface area contributed by atoms with Crippen LogP contribution in [0, 0.1) is 0 Å². The minimum Gasteiger partial charge on any atom is -0.463 e. The van der Waals surface area contributed by atoms with Gasteiger partial charge in [-0.25, -0.2) is 14.8 Å². The van der Waals surface area contributed by atoms with Gasteiger partial charge in [-0.05, 0) is 15.9 Å². The van der Waals surface area contributed by atoms with Crippen molar-refractivity contribution in [3.63, 3.8) is 0 Å². The number of rotatable bonds is 2. The van der Waals surface area contributed by atoms with Crippen molar-refractivity contribution in [2.75, 3.05) is 19.5 Å². The molecule has 1 N–H and O–H groups in total. The van der Waals surface area contributed by atoms with Crippen molar-refractivity contribution in [3.05, 3.63) is 16.5 Å². The first kappa shape index (κ1) is 9.91. The second kappa shape index (κ2) is 4.18. The number of carbonyl (C=O) groups is 1. The number of anilines is 1. The molecule has 1 aromatic rings. The molecule has 1 heterocycles.